The number of rotatable bonds is 7. The Morgan fingerprint density at radius 3 is 2.38 bits per heavy atom. The predicted molar refractivity (Wildman–Crippen MR) is 83.8 cm³/mol. The molecule has 118 valence electrons. The first-order valence-corrected chi connectivity index (χ1v) is 8.71. The van der Waals surface area contributed by atoms with Gasteiger partial charge >= 0.3 is 0 Å². The predicted octanol–water partition coefficient (Wildman–Crippen LogP) is 2.25. The first-order valence-electron chi connectivity index (χ1n) is 7.27. The van der Waals surface area contributed by atoms with E-state index < -0.39 is 10.0 Å². The summed E-state index contributed by atoms with van der Waals surface area (Å²) >= 11 is 0. The van der Waals surface area contributed by atoms with Gasteiger partial charge in [0.25, 0.3) is 5.91 Å². The van der Waals surface area contributed by atoms with Crippen molar-refractivity contribution in [3.63, 3.8) is 0 Å². The van der Waals surface area contributed by atoms with Gasteiger partial charge in [0.2, 0.25) is 10.0 Å². The molecule has 1 N–H and O–H groups in total. The fourth-order valence-electron chi connectivity index (χ4n) is 1.92. The third-order valence-electron chi connectivity index (χ3n) is 3.43. The zero-order chi connectivity index (χ0) is 16.0. The Bertz CT molecular complexity index is 580. The molecule has 0 saturated carbocycles. The highest BCUT2D eigenvalue weighted by Gasteiger charge is 2.22. The fraction of sp³-hybridized carbons (Fsp3) is 0.533. The Balaban J connectivity index is 3.08. The molecule has 0 aromatic heterocycles. The fourth-order valence-corrected chi connectivity index (χ4v) is 3.42. The van der Waals surface area contributed by atoms with Crippen molar-refractivity contribution in [3.8, 4) is 0 Å². The van der Waals surface area contributed by atoms with Crippen LogP contribution in [0.2, 0.25) is 0 Å². The normalized spacial score (nSPS) is 13.2. The maximum atomic E-state index is 12.4. The third kappa shape index (κ3) is 4.28. The molecular formula is C15H24N2O3S. The Kier molecular flexibility index (Phi) is 6.36. The lowest BCUT2D eigenvalue weighted by atomic mass is 10.2. The SMILES string of the molecule is CC[C@H](C)NC(=O)c1cccc(S(=O)(=O)N(CC)CC)c1. The molecule has 0 aliphatic rings. The van der Waals surface area contributed by atoms with E-state index in [0.717, 1.165) is 6.42 Å². The molecule has 0 radical (unpaired) electrons. The van der Waals surface area contributed by atoms with Crippen LogP contribution in [0.15, 0.2) is 29.2 Å². The number of nitrogens with zero attached hydrogens (tertiary/aromatic N) is 1. The minimum Gasteiger partial charge on any atom is -0.350 e. The van der Waals surface area contributed by atoms with Crippen LogP contribution in [0.4, 0.5) is 0 Å². The van der Waals surface area contributed by atoms with Gasteiger partial charge in [-0.2, -0.15) is 4.31 Å². The van der Waals surface area contributed by atoms with E-state index in [2.05, 4.69) is 5.32 Å². The average molecular weight is 312 g/mol. The molecule has 0 fully saturated rings. The lowest BCUT2D eigenvalue weighted by Gasteiger charge is -2.19. The summed E-state index contributed by atoms with van der Waals surface area (Å²) in [5, 5.41) is 2.83. The Morgan fingerprint density at radius 2 is 1.86 bits per heavy atom. The maximum absolute atomic E-state index is 12.4. The molecule has 1 amide bonds. The van der Waals surface area contributed by atoms with Crippen molar-refractivity contribution < 1.29 is 13.2 Å². The van der Waals surface area contributed by atoms with E-state index in [1.807, 2.05) is 13.8 Å². The number of amides is 1. The van der Waals surface area contributed by atoms with Gasteiger partial charge in [0.1, 0.15) is 0 Å². The first-order chi connectivity index (χ1) is 9.86. The zero-order valence-electron chi connectivity index (χ0n) is 13.1. The topological polar surface area (TPSA) is 66.5 Å². The monoisotopic (exact) mass is 312 g/mol. The van der Waals surface area contributed by atoms with E-state index in [0.29, 0.717) is 18.7 Å². The van der Waals surface area contributed by atoms with E-state index in [9.17, 15) is 13.2 Å². The average Bonchev–Trinajstić information content (AvgIpc) is 2.48. The molecule has 0 unspecified atom stereocenters. The zero-order valence-corrected chi connectivity index (χ0v) is 13.9. The van der Waals surface area contributed by atoms with Crippen molar-refractivity contribution in [1.82, 2.24) is 9.62 Å². The van der Waals surface area contributed by atoms with Crippen molar-refractivity contribution in [2.24, 2.45) is 0 Å². The number of benzene rings is 1. The van der Waals surface area contributed by atoms with Gasteiger partial charge in [-0.1, -0.05) is 26.8 Å². The van der Waals surface area contributed by atoms with Gasteiger partial charge in [-0.3, -0.25) is 4.79 Å². The number of hydrogen-bond donors (Lipinski definition) is 1. The highest BCUT2D eigenvalue weighted by Crippen LogP contribution is 2.17. The van der Waals surface area contributed by atoms with Gasteiger partial charge in [0.15, 0.2) is 0 Å². The first kappa shape index (κ1) is 17.7. The summed E-state index contributed by atoms with van der Waals surface area (Å²) in [6.07, 6.45) is 0.823. The highest BCUT2D eigenvalue weighted by molar-refractivity contribution is 7.89. The number of carbonyl (C=O) groups is 1. The summed E-state index contributed by atoms with van der Waals surface area (Å²) in [7, 11) is -3.54. The van der Waals surface area contributed by atoms with Crippen LogP contribution in [0, 0.1) is 0 Å². The second kappa shape index (κ2) is 7.56. The van der Waals surface area contributed by atoms with Crippen LogP contribution in [0.25, 0.3) is 0 Å². The summed E-state index contributed by atoms with van der Waals surface area (Å²) in [5.41, 5.74) is 0.364. The molecule has 0 bridgehead atoms. The van der Waals surface area contributed by atoms with Crippen LogP contribution in [-0.4, -0.2) is 37.8 Å². The van der Waals surface area contributed by atoms with Gasteiger partial charge in [-0.25, -0.2) is 8.42 Å². The second-order valence-corrected chi connectivity index (χ2v) is 6.84. The maximum Gasteiger partial charge on any atom is 0.251 e. The van der Waals surface area contributed by atoms with Gasteiger partial charge < -0.3 is 5.32 Å². The molecule has 1 aromatic rings. The molecule has 0 aliphatic heterocycles. The Morgan fingerprint density at radius 1 is 1.24 bits per heavy atom. The summed E-state index contributed by atoms with van der Waals surface area (Å²) in [5.74, 6) is -0.249. The van der Waals surface area contributed by atoms with Gasteiger partial charge in [0, 0.05) is 24.7 Å². The summed E-state index contributed by atoms with van der Waals surface area (Å²) in [6, 6.07) is 6.24. The molecule has 0 aliphatic carbocycles. The Hall–Kier alpha value is -1.40. The van der Waals surface area contributed by atoms with Crippen LogP contribution >= 0.6 is 0 Å². The Labute approximate surface area is 127 Å². The number of sulfonamides is 1. The standard InChI is InChI=1S/C15H24N2O3S/c1-5-12(4)16-15(18)13-9-8-10-14(11-13)21(19,20)17(6-2)7-3/h8-12H,5-7H2,1-4H3,(H,16,18)/t12-/m0/s1. The highest BCUT2D eigenvalue weighted by atomic mass is 32.2. The van der Waals surface area contributed by atoms with Crippen LogP contribution in [0.3, 0.4) is 0 Å². The molecule has 6 heteroatoms. The smallest absolute Gasteiger partial charge is 0.251 e. The van der Waals surface area contributed by atoms with Crippen LogP contribution in [0.1, 0.15) is 44.5 Å². The number of carbonyl (C=O) groups excluding carboxylic acids is 1. The molecule has 1 rings (SSSR count). The molecule has 1 aromatic carbocycles. The van der Waals surface area contributed by atoms with Crippen molar-refractivity contribution in [3.05, 3.63) is 29.8 Å². The van der Waals surface area contributed by atoms with E-state index in [1.54, 1.807) is 26.0 Å². The number of nitrogens with one attached hydrogen (secondary N) is 1. The second-order valence-electron chi connectivity index (χ2n) is 4.90. The minimum absolute atomic E-state index is 0.0561. The van der Waals surface area contributed by atoms with E-state index in [4.69, 9.17) is 0 Å². The largest absolute Gasteiger partial charge is 0.350 e. The summed E-state index contributed by atoms with van der Waals surface area (Å²) in [6.45, 7) is 8.28. The van der Waals surface area contributed by atoms with Gasteiger partial charge in [-0.15, -0.1) is 0 Å². The van der Waals surface area contributed by atoms with E-state index in [1.165, 1.54) is 16.4 Å². The van der Waals surface area contributed by atoms with Crippen molar-refractivity contribution in [2.75, 3.05) is 13.1 Å². The molecule has 1 atom stereocenters. The van der Waals surface area contributed by atoms with Crippen LogP contribution in [0.5, 0.6) is 0 Å². The molecule has 0 spiro atoms. The quantitative estimate of drug-likeness (QED) is 0.839. The molecule has 21 heavy (non-hydrogen) atoms. The molecule has 0 saturated heterocycles. The van der Waals surface area contributed by atoms with Gasteiger partial charge in [-0.05, 0) is 31.5 Å². The van der Waals surface area contributed by atoms with Crippen molar-refractivity contribution >= 4 is 15.9 Å². The van der Waals surface area contributed by atoms with Crippen molar-refractivity contribution in [1.29, 1.82) is 0 Å². The van der Waals surface area contributed by atoms with Crippen LogP contribution < -0.4 is 5.32 Å². The summed E-state index contributed by atoms with van der Waals surface area (Å²) < 4.78 is 26.3. The lowest BCUT2D eigenvalue weighted by molar-refractivity contribution is 0.0939. The third-order valence-corrected chi connectivity index (χ3v) is 5.48. The number of hydrogen-bond acceptors (Lipinski definition) is 3. The summed E-state index contributed by atoms with van der Waals surface area (Å²) in [4.78, 5) is 12.2. The lowest BCUT2D eigenvalue weighted by Crippen LogP contribution is -2.33. The molecule has 0 heterocycles. The van der Waals surface area contributed by atoms with E-state index >= 15 is 0 Å². The van der Waals surface area contributed by atoms with Crippen LogP contribution in [-0.2, 0) is 10.0 Å². The van der Waals surface area contributed by atoms with Gasteiger partial charge in [0.05, 0.1) is 4.90 Å². The van der Waals surface area contributed by atoms with E-state index in [-0.39, 0.29) is 16.8 Å². The van der Waals surface area contributed by atoms with Crippen molar-refractivity contribution in [2.45, 2.75) is 45.1 Å². The minimum atomic E-state index is -3.54. The molecule has 5 nitrogen and oxygen atoms in total. The molecular weight excluding hydrogens is 288 g/mol.